The Labute approximate surface area is 99.0 Å². The largest absolute Gasteiger partial charge is 0.398 e. The number of aryl methyl sites for hydroxylation is 1. The Hall–Kier alpha value is -1.18. The fraction of sp³-hybridized carbons (Fsp3) is 0.571. The zero-order valence-electron chi connectivity index (χ0n) is 10.6. The molecule has 0 saturated carbocycles. The number of anilines is 2. The molecule has 1 aromatic rings. The maximum atomic E-state index is 6.19. The number of nitrogens with two attached hydrogens (primary N) is 2. The number of rotatable bonds is 6. The molecule has 1 aromatic carbocycles. The molecule has 90 valence electrons. The van der Waals surface area contributed by atoms with Crippen molar-refractivity contribution in [2.24, 2.45) is 0 Å². The van der Waals surface area contributed by atoms with Crippen molar-refractivity contribution < 1.29 is 0 Å². The van der Waals surface area contributed by atoms with E-state index in [0.717, 1.165) is 36.2 Å². The van der Waals surface area contributed by atoms with Gasteiger partial charge in [-0.2, -0.15) is 0 Å². The first-order valence-corrected chi connectivity index (χ1v) is 6.36. The molecule has 2 nitrogen and oxygen atoms in total. The predicted molar refractivity (Wildman–Crippen MR) is 72.5 cm³/mol. The molecule has 0 amide bonds. The van der Waals surface area contributed by atoms with E-state index >= 15 is 0 Å². The molecule has 0 bridgehead atoms. The summed E-state index contributed by atoms with van der Waals surface area (Å²) in [6.45, 7) is 4.39. The molecule has 1 rings (SSSR count). The van der Waals surface area contributed by atoms with Crippen molar-refractivity contribution in [2.75, 3.05) is 11.5 Å². The van der Waals surface area contributed by atoms with Crippen molar-refractivity contribution in [2.45, 2.75) is 52.4 Å². The van der Waals surface area contributed by atoms with Gasteiger partial charge in [0.05, 0.1) is 0 Å². The molecule has 0 aliphatic carbocycles. The molecule has 0 heterocycles. The lowest BCUT2D eigenvalue weighted by atomic mass is 9.97. The van der Waals surface area contributed by atoms with Gasteiger partial charge in [0.15, 0.2) is 0 Å². The third kappa shape index (κ3) is 3.16. The smallest absolute Gasteiger partial charge is 0.0399 e. The molecule has 16 heavy (non-hydrogen) atoms. The van der Waals surface area contributed by atoms with E-state index in [0.29, 0.717) is 0 Å². The Bertz CT molecular complexity index is 332. The summed E-state index contributed by atoms with van der Waals surface area (Å²) >= 11 is 0. The minimum absolute atomic E-state index is 0.853. The monoisotopic (exact) mass is 220 g/mol. The average Bonchev–Trinajstić information content (AvgIpc) is 2.28. The van der Waals surface area contributed by atoms with Crippen LogP contribution < -0.4 is 11.5 Å². The van der Waals surface area contributed by atoms with Crippen LogP contribution in [0.4, 0.5) is 11.4 Å². The van der Waals surface area contributed by atoms with Gasteiger partial charge >= 0.3 is 0 Å². The molecule has 0 aromatic heterocycles. The number of hydrogen-bond acceptors (Lipinski definition) is 2. The van der Waals surface area contributed by atoms with Crippen LogP contribution in [0.2, 0.25) is 0 Å². The second-order valence-corrected chi connectivity index (χ2v) is 4.41. The first kappa shape index (κ1) is 12.9. The van der Waals surface area contributed by atoms with Gasteiger partial charge in [0.1, 0.15) is 0 Å². The molecule has 2 heteroatoms. The number of nitrogen functional groups attached to an aromatic ring is 2. The van der Waals surface area contributed by atoms with Gasteiger partial charge in [-0.3, -0.25) is 0 Å². The van der Waals surface area contributed by atoms with Crippen LogP contribution in [0, 0.1) is 0 Å². The van der Waals surface area contributed by atoms with E-state index in [1.54, 1.807) is 0 Å². The first-order valence-electron chi connectivity index (χ1n) is 6.36. The van der Waals surface area contributed by atoms with E-state index in [1.165, 1.54) is 24.8 Å². The fourth-order valence-corrected chi connectivity index (χ4v) is 1.95. The van der Waals surface area contributed by atoms with Gasteiger partial charge in [-0.25, -0.2) is 0 Å². The summed E-state index contributed by atoms with van der Waals surface area (Å²) in [5, 5.41) is 0. The third-order valence-electron chi connectivity index (χ3n) is 3.06. The highest BCUT2D eigenvalue weighted by molar-refractivity contribution is 5.65. The molecule has 0 spiro atoms. The summed E-state index contributed by atoms with van der Waals surface area (Å²) in [5.41, 5.74) is 16.4. The minimum Gasteiger partial charge on any atom is -0.398 e. The molecule has 4 N–H and O–H groups in total. The van der Waals surface area contributed by atoms with Crippen molar-refractivity contribution >= 4 is 11.4 Å². The standard InChI is InChI=1S/C14H24N2/c1-3-5-7-11-9-10-13(15)12(14(11)16)8-6-4-2/h9-10H,3-8,15-16H2,1-2H3. The highest BCUT2D eigenvalue weighted by atomic mass is 14.6. The van der Waals surface area contributed by atoms with Gasteiger partial charge in [-0.1, -0.05) is 32.8 Å². The maximum Gasteiger partial charge on any atom is 0.0399 e. The lowest BCUT2D eigenvalue weighted by Crippen LogP contribution is -2.04. The highest BCUT2D eigenvalue weighted by Gasteiger charge is 2.08. The Kier molecular flexibility index (Phi) is 5.17. The van der Waals surface area contributed by atoms with Crippen LogP contribution in [-0.4, -0.2) is 0 Å². The van der Waals surface area contributed by atoms with Crippen LogP contribution in [0.25, 0.3) is 0 Å². The highest BCUT2D eigenvalue weighted by Crippen LogP contribution is 2.26. The lowest BCUT2D eigenvalue weighted by Gasteiger charge is -2.13. The van der Waals surface area contributed by atoms with E-state index in [-0.39, 0.29) is 0 Å². The molecule has 0 unspecified atom stereocenters. The van der Waals surface area contributed by atoms with Crippen LogP contribution in [-0.2, 0) is 12.8 Å². The number of benzene rings is 1. The van der Waals surface area contributed by atoms with Gasteiger partial charge in [0, 0.05) is 11.4 Å². The first-order chi connectivity index (χ1) is 7.70. The van der Waals surface area contributed by atoms with Gasteiger partial charge in [0.2, 0.25) is 0 Å². The van der Waals surface area contributed by atoms with E-state index in [4.69, 9.17) is 11.5 Å². The SMILES string of the molecule is CCCCc1ccc(N)c(CCCC)c1N. The van der Waals surface area contributed by atoms with Gasteiger partial charge in [-0.05, 0) is 42.9 Å². The van der Waals surface area contributed by atoms with Crippen LogP contribution in [0.3, 0.4) is 0 Å². The zero-order valence-corrected chi connectivity index (χ0v) is 10.6. The second kappa shape index (κ2) is 6.41. The summed E-state index contributed by atoms with van der Waals surface area (Å²) in [7, 11) is 0. The Morgan fingerprint density at radius 2 is 1.56 bits per heavy atom. The van der Waals surface area contributed by atoms with E-state index in [1.807, 2.05) is 6.07 Å². The van der Waals surface area contributed by atoms with E-state index < -0.39 is 0 Å². The van der Waals surface area contributed by atoms with Crippen molar-refractivity contribution in [3.63, 3.8) is 0 Å². The van der Waals surface area contributed by atoms with Crippen LogP contribution in [0.1, 0.15) is 50.7 Å². The molecule has 0 aliphatic heterocycles. The van der Waals surface area contributed by atoms with Crippen LogP contribution in [0.5, 0.6) is 0 Å². The Balaban J connectivity index is 2.87. The normalized spacial score (nSPS) is 10.6. The lowest BCUT2D eigenvalue weighted by molar-refractivity contribution is 0.784. The summed E-state index contributed by atoms with van der Waals surface area (Å²) < 4.78 is 0. The number of hydrogen-bond donors (Lipinski definition) is 2. The fourth-order valence-electron chi connectivity index (χ4n) is 1.95. The van der Waals surface area contributed by atoms with Crippen molar-refractivity contribution in [1.29, 1.82) is 0 Å². The number of unbranched alkanes of at least 4 members (excludes halogenated alkanes) is 2. The van der Waals surface area contributed by atoms with Crippen molar-refractivity contribution in [3.8, 4) is 0 Å². The molecular weight excluding hydrogens is 196 g/mol. The summed E-state index contributed by atoms with van der Waals surface area (Å²) in [6, 6.07) is 4.09. The van der Waals surface area contributed by atoms with Crippen LogP contribution >= 0.6 is 0 Å². The average molecular weight is 220 g/mol. The summed E-state index contributed by atoms with van der Waals surface area (Å²) in [4.78, 5) is 0. The topological polar surface area (TPSA) is 52.0 Å². The molecule has 0 radical (unpaired) electrons. The zero-order chi connectivity index (χ0) is 12.0. The van der Waals surface area contributed by atoms with Gasteiger partial charge in [0.25, 0.3) is 0 Å². The Morgan fingerprint density at radius 3 is 2.19 bits per heavy atom. The molecule has 0 aliphatic rings. The van der Waals surface area contributed by atoms with E-state index in [2.05, 4.69) is 19.9 Å². The molecule has 0 atom stereocenters. The second-order valence-electron chi connectivity index (χ2n) is 4.41. The predicted octanol–water partition coefficient (Wildman–Crippen LogP) is 3.54. The van der Waals surface area contributed by atoms with E-state index in [9.17, 15) is 0 Å². The maximum absolute atomic E-state index is 6.19. The summed E-state index contributed by atoms with van der Waals surface area (Å²) in [5.74, 6) is 0. The third-order valence-corrected chi connectivity index (χ3v) is 3.06. The minimum atomic E-state index is 0.853. The molecular formula is C14H24N2. The quantitative estimate of drug-likeness (QED) is 0.720. The van der Waals surface area contributed by atoms with Crippen molar-refractivity contribution in [1.82, 2.24) is 0 Å². The van der Waals surface area contributed by atoms with Gasteiger partial charge in [-0.15, -0.1) is 0 Å². The van der Waals surface area contributed by atoms with Crippen molar-refractivity contribution in [3.05, 3.63) is 23.3 Å². The van der Waals surface area contributed by atoms with Gasteiger partial charge < -0.3 is 11.5 Å². The molecule has 0 saturated heterocycles. The summed E-state index contributed by atoms with van der Waals surface area (Å²) in [6.07, 6.45) is 6.81. The Morgan fingerprint density at radius 1 is 0.938 bits per heavy atom. The van der Waals surface area contributed by atoms with Crippen LogP contribution in [0.15, 0.2) is 12.1 Å². The molecule has 0 fully saturated rings.